The highest BCUT2D eigenvalue weighted by Crippen LogP contribution is 2.37. The molecule has 1 N–H and O–H groups in total. The number of hydrazone groups is 1. The first-order valence-electron chi connectivity index (χ1n) is 9.97. The standard InChI is InChI=1S/C22H23BrN4O3S/c1-4-5-10-31-22-25-21(28)19-16-11-13(23)6-9-17(16)24-20(27(19)26-22)15-8-7-14(29-2)12-18(15)30-3/h6-9,11-12,20H,4-5,10H2,1-3H3,(H,25,26,28). The van der Waals surface area contributed by atoms with E-state index in [2.05, 4.69) is 28.2 Å². The molecule has 162 valence electrons. The van der Waals surface area contributed by atoms with Crippen LogP contribution in [0.5, 0.6) is 11.5 Å². The van der Waals surface area contributed by atoms with Gasteiger partial charge < -0.3 is 9.47 Å². The fourth-order valence-electron chi connectivity index (χ4n) is 3.46. The number of halogens is 1. The minimum atomic E-state index is -0.544. The summed E-state index contributed by atoms with van der Waals surface area (Å²) in [5, 5.41) is 11.5. The third-order valence-electron chi connectivity index (χ3n) is 5.03. The van der Waals surface area contributed by atoms with Crippen molar-refractivity contribution in [2.24, 2.45) is 10.1 Å². The fraction of sp³-hybridized carbons (Fsp3) is 0.318. The van der Waals surface area contributed by atoms with Gasteiger partial charge in [0.2, 0.25) is 0 Å². The number of amidine groups is 1. The maximum atomic E-state index is 13.2. The number of nitrogens with one attached hydrogen (secondary N) is 1. The maximum Gasteiger partial charge on any atom is 0.276 e. The highest BCUT2D eigenvalue weighted by atomic mass is 79.9. The van der Waals surface area contributed by atoms with Crippen LogP contribution in [0.2, 0.25) is 0 Å². The molecule has 0 fully saturated rings. The molecular formula is C22H23BrN4O3S. The van der Waals surface area contributed by atoms with Gasteiger partial charge in [-0.3, -0.25) is 15.1 Å². The Morgan fingerprint density at radius 1 is 1.19 bits per heavy atom. The number of benzene rings is 2. The molecule has 0 saturated carbocycles. The molecule has 2 heterocycles. The minimum absolute atomic E-state index is 0.194. The summed E-state index contributed by atoms with van der Waals surface area (Å²) in [4.78, 5) is 18.1. The molecule has 0 aliphatic carbocycles. The fourth-order valence-corrected chi connectivity index (χ4v) is 4.76. The zero-order valence-corrected chi connectivity index (χ0v) is 19.9. The smallest absolute Gasteiger partial charge is 0.276 e. The first kappa shape index (κ1) is 21.7. The van der Waals surface area contributed by atoms with Gasteiger partial charge in [-0.1, -0.05) is 41.0 Å². The SMILES string of the molecule is CCCCSC1=NN2C(=c3cc(Br)ccc3=NC2c2ccc(OC)cc2OC)C(=O)N1. The molecule has 9 heteroatoms. The number of amides is 1. The predicted molar refractivity (Wildman–Crippen MR) is 125 cm³/mol. The maximum absolute atomic E-state index is 13.2. The Bertz CT molecular complexity index is 1170. The van der Waals surface area contributed by atoms with Crippen molar-refractivity contribution in [2.75, 3.05) is 20.0 Å². The quantitative estimate of drug-likeness (QED) is 0.614. The zero-order valence-electron chi connectivity index (χ0n) is 17.5. The molecule has 0 aromatic heterocycles. The van der Waals surface area contributed by atoms with Crippen molar-refractivity contribution < 1.29 is 14.3 Å². The summed E-state index contributed by atoms with van der Waals surface area (Å²) < 4.78 is 11.8. The summed E-state index contributed by atoms with van der Waals surface area (Å²) in [5.74, 6) is 1.99. The molecule has 0 saturated heterocycles. The number of fused-ring (bicyclic) bond motifs is 2. The van der Waals surface area contributed by atoms with Crippen molar-refractivity contribution in [3.8, 4) is 11.5 Å². The number of methoxy groups -OCH3 is 2. The third kappa shape index (κ3) is 4.29. The Morgan fingerprint density at radius 3 is 2.77 bits per heavy atom. The van der Waals surface area contributed by atoms with E-state index in [-0.39, 0.29) is 5.91 Å². The molecule has 2 aliphatic rings. The van der Waals surface area contributed by atoms with Crippen molar-refractivity contribution >= 4 is 44.5 Å². The van der Waals surface area contributed by atoms with Gasteiger partial charge in [0.15, 0.2) is 11.3 Å². The minimum Gasteiger partial charge on any atom is -0.497 e. The van der Waals surface area contributed by atoms with Gasteiger partial charge in [-0.15, -0.1) is 5.10 Å². The summed E-state index contributed by atoms with van der Waals surface area (Å²) in [6.07, 6.45) is 1.58. The Morgan fingerprint density at radius 2 is 2.03 bits per heavy atom. The summed E-state index contributed by atoms with van der Waals surface area (Å²) in [6.45, 7) is 2.14. The van der Waals surface area contributed by atoms with E-state index < -0.39 is 6.17 Å². The van der Waals surface area contributed by atoms with E-state index in [0.717, 1.165) is 39.2 Å². The van der Waals surface area contributed by atoms with Crippen LogP contribution in [0.15, 0.2) is 51.0 Å². The van der Waals surface area contributed by atoms with Gasteiger partial charge in [0.1, 0.15) is 17.2 Å². The van der Waals surface area contributed by atoms with E-state index >= 15 is 0 Å². The van der Waals surface area contributed by atoms with Crippen LogP contribution in [0.3, 0.4) is 0 Å². The lowest BCUT2D eigenvalue weighted by Crippen LogP contribution is -2.50. The molecule has 1 amide bonds. The lowest BCUT2D eigenvalue weighted by Gasteiger charge is -2.34. The Hall–Kier alpha value is -2.52. The second kappa shape index (κ2) is 9.32. The van der Waals surface area contributed by atoms with Crippen molar-refractivity contribution in [2.45, 2.75) is 25.9 Å². The van der Waals surface area contributed by atoms with Crippen molar-refractivity contribution in [1.29, 1.82) is 0 Å². The number of thioether (sulfide) groups is 1. The summed E-state index contributed by atoms with van der Waals surface area (Å²) in [5.41, 5.74) is 1.26. The normalized spacial score (nSPS) is 17.2. The second-order valence-corrected chi connectivity index (χ2v) is 9.03. The number of ether oxygens (including phenoxy) is 2. The Kier molecular flexibility index (Phi) is 6.52. The van der Waals surface area contributed by atoms with Gasteiger partial charge in [0.25, 0.3) is 5.91 Å². The summed E-state index contributed by atoms with van der Waals surface area (Å²) in [7, 11) is 3.22. The summed E-state index contributed by atoms with van der Waals surface area (Å²) in [6, 6.07) is 11.3. The molecule has 1 atom stereocenters. The largest absolute Gasteiger partial charge is 0.497 e. The first-order valence-corrected chi connectivity index (χ1v) is 11.7. The van der Waals surface area contributed by atoms with E-state index in [1.807, 2.05) is 36.4 Å². The van der Waals surface area contributed by atoms with Gasteiger partial charge in [-0.25, -0.2) is 5.01 Å². The monoisotopic (exact) mass is 502 g/mol. The van der Waals surface area contributed by atoms with Crippen molar-refractivity contribution in [3.05, 3.63) is 57.0 Å². The van der Waals surface area contributed by atoms with Crippen molar-refractivity contribution in [3.63, 3.8) is 0 Å². The van der Waals surface area contributed by atoms with Crippen LogP contribution < -0.4 is 25.4 Å². The number of nitrogens with zero attached hydrogens (tertiary/aromatic N) is 3. The van der Waals surface area contributed by atoms with E-state index in [1.165, 1.54) is 0 Å². The molecule has 2 aliphatic heterocycles. The van der Waals surface area contributed by atoms with Crippen LogP contribution >= 0.6 is 27.7 Å². The average Bonchev–Trinajstić information content (AvgIpc) is 2.78. The molecule has 1 unspecified atom stereocenters. The number of hydrogen-bond donors (Lipinski definition) is 1. The van der Waals surface area contributed by atoms with E-state index in [4.69, 9.17) is 19.6 Å². The molecule has 0 spiro atoms. The van der Waals surface area contributed by atoms with Crippen molar-refractivity contribution in [1.82, 2.24) is 10.3 Å². The lowest BCUT2D eigenvalue weighted by molar-refractivity contribution is -0.116. The van der Waals surface area contributed by atoms with Crippen LogP contribution in [0, 0.1) is 0 Å². The van der Waals surface area contributed by atoms with Gasteiger partial charge in [0.05, 0.1) is 19.6 Å². The molecule has 2 aromatic carbocycles. The Balaban J connectivity index is 1.89. The molecule has 7 nitrogen and oxygen atoms in total. The van der Waals surface area contributed by atoms with Crippen LogP contribution in [-0.2, 0) is 4.79 Å². The number of rotatable bonds is 6. The highest BCUT2D eigenvalue weighted by Gasteiger charge is 2.35. The Labute approximate surface area is 193 Å². The highest BCUT2D eigenvalue weighted by molar-refractivity contribution is 9.10. The van der Waals surface area contributed by atoms with Gasteiger partial charge in [-0.05, 0) is 36.8 Å². The molecular weight excluding hydrogens is 480 g/mol. The molecule has 4 rings (SSSR count). The summed E-state index contributed by atoms with van der Waals surface area (Å²) >= 11 is 5.04. The number of unbranched alkanes of at least 4 members (excludes halogenated alkanes) is 1. The van der Waals surface area contributed by atoms with Gasteiger partial charge in [0, 0.05) is 27.1 Å². The van der Waals surface area contributed by atoms with Gasteiger partial charge in [-0.2, -0.15) is 0 Å². The first-order chi connectivity index (χ1) is 15.0. The molecule has 0 bridgehead atoms. The van der Waals surface area contributed by atoms with E-state index in [0.29, 0.717) is 22.4 Å². The molecule has 31 heavy (non-hydrogen) atoms. The lowest BCUT2D eigenvalue weighted by atomic mass is 10.1. The third-order valence-corrected chi connectivity index (χ3v) is 6.47. The van der Waals surface area contributed by atoms with Crippen LogP contribution in [0.4, 0.5) is 0 Å². The van der Waals surface area contributed by atoms with E-state index in [1.54, 1.807) is 31.0 Å². The van der Waals surface area contributed by atoms with E-state index in [9.17, 15) is 4.79 Å². The topological polar surface area (TPSA) is 75.5 Å². The molecule has 0 radical (unpaired) electrons. The molecule has 2 aromatic rings. The average molecular weight is 503 g/mol. The van der Waals surface area contributed by atoms with Crippen LogP contribution in [-0.4, -0.2) is 36.1 Å². The number of carbonyl (C=O) groups excluding carboxylic acids is 1. The van der Waals surface area contributed by atoms with Crippen LogP contribution in [0.25, 0.3) is 5.70 Å². The zero-order chi connectivity index (χ0) is 22.0. The van der Waals surface area contributed by atoms with Crippen LogP contribution in [0.1, 0.15) is 31.5 Å². The number of carbonyl (C=O) groups is 1. The number of hydrogen-bond acceptors (Lipinski definition) is 7. The van der Waals surface area contributed by atoms with Gasteiger partial charge >= 0.3 is 0 Å². The second-order valence-electron chi connectivity index (χ2n) is 7.03. The predicted octanol–water partition coefficient (Wildman–Crippen LogP) is 3.14.